The van der Waals surface area contributed by atoms with Crippen LogP contribution in [0.5, 0.6) is 6.01 Å². The van der Waals surface area contributed by atoms with Crippen LogP contribution >= 0.6 is 22.9 Å². The molecule has 0 aliphatic carbocycles. The van der Waals surface area contributed by atoms with Gasteiger partial charge in [0.25, 0.3) is 0 Å². The SMILES string of the molecule is C[C@@H](CNc1nc(OC[C@]2(C)CN(C)CC[C@@H]2C(F)F)nc2c(F)c(-c3ccc(F)c4sc(N)c(C#N)c34)c(Cl)cc12)c1cccnc1N. The van der Waals surface area contributed by atoms with Crippen molar-refractivity contribution < 1.29 is 22.3 Å². The van der Waals surface area contributed by atoms with Gasteiger partial charge in [0.05, 0.1) is 21.9 Å². The quantitative estimate of drug-likeness (QED) is 0.131. The molecule has 3 aromatic heterocycles. The van der Waals surface area contributed by atoms with Crippen LogP contribution in [0.15, 0.2) is 36.5 Å². The molecule has 0 unspecified atom stereocenters. The van der Waals surface area contributed by atoms with Crippen molar-refractivity contribution in [2.75, 3.05) is 50.1 Å². The Balaban J connectivity index is 1.47. The maximum Gasteiger partial charge on any atom is 0.319 e. The predicted molar refractivity (Wildman–Crippen MR) is 185 cm³/mol. The molecule has 5 N–H and O–H groups in total. The summed E-state index contributed by atoms with van der Waals surface area (Å²) in [5, 5.41) is 13.4. The molecular formula is C34H33ClF4N8OS. The number of hydrogen-bond acceptors (Lipinski definition) is 10. The molecule has 0 spiro atoms. The predicted octanol–water partition coefficient (Wildman–Crippen LogP) is 7.69. The van der Waals surface area contributed by atoms with Gasteiger partial charge in [0.2, 0.25) is 6.43 Å². The minimum atomic E-state index is -2.56. The minimum Gasteiger partial charge on any atom is -0.463 e. The van der Waals surface area contributed by atoms with E-state index in [1.165, 1.54) is 12.1 Å². The highest BCUT2D eigenvalue weighted by molar-refractivity contribution is 7.23. The summed E-state index contributed by atoms with van der Waals surface area (Å²) in [5.74, 6) is -2.04. The highest BCUT2D eigenvalue weighted by Gasteiger charge is 2.44. The molecule has 1 saturated heterocycles. The lowest BCUT2D eigenvalue weighted by Gasteiger charge is -2.44. The van der Waals surface area contributed by atoms with Crippen molar-refractivity contribution in [3.05, 3.63) is 64.3 Å². The lowest BCUT2D eigenvalue weighted by Crippen LogP contribution is -2.51. The minimum absolute atomic E-state index is 0.00192. The van der Waals surface area contributed by atoms with Gasteiger partial charge in [-0.1, -0.05) is 37.6 Å². The standard InChI is InChI=1S/C34H33ClF4N8OS/c1-16(17-5-4-9-43-30(17)41)13-44-32-19-11-22(35)25(18-6-7-23(36)28-24(18)20(12-40)31(42)49-28)26(37)27(19)45-33(46-32)48-15-34(2)14-47(3)10-8-21(34)29(38)39/h4-7,9,11,16,21,29H,8,10,13-15,42H2,1-3H3,(H2,41,43)(H,44,45,46)/t16-,21+,34-/m0/s1. The molecule has 9 nitrogen and oxygen atoms in total. The zero-order valence-corrected chi connectivity index (χ0v) is 28.4. The van der Waals surface area contributed by atoms with Crippen LogP contribution in [0, 0.1) is 34.3 Å². The Hall–Kier alpha value is -4.45. The van der Waals surface area contributed by atoms with Gasteiger partial charge < -0.3 is 26.4 Å². The number of nitrogens with two attached hydrogens (primary N) is 2. The first kappa shape index (κ1) is 34.4. The number of nitrogens with one attached hydrogen (secondary N) is 1. The first-order valence-corrected chi connectivity index (χ1v) is 16.7. The number of nitrogens with zero attached hydrogens (tertiary/aromatic N) is 5. The van der Waals surface area contributed by atoms with E-state index in [2.05, 4.69) is 20.3 Å². The van der Waals surface area contributed by atoms with E-state index in [4.69, 9.17) is 27.8 Å². The summed E-state index contributed by atoms with van der Waals surface area (Å²) in [7, 11) is 1.86. The van der Waals surface area contributed by atoms with Crippen LogP contribution in [0.3, 0.4) is 0 Å². The average molecular weight is 713 g/mol. The van der Waals surface area contributed by atoms with Gasteiger partial charge in [0.15, 0.2) is 5.82 Å². The van der Waals surface area contributed by atoms with Gasteiger partial charge in [-0.05, 0) is 49.3 Å². The molecule has 3 atom stereocenters. The van der Waals surface area contributed by atoms with Gasteiger partial charge in [-0.25, -0.2) is 22.5 Å². The number of ether oxygens (including phenoxy) is 1. The molecule has 5 aromatic rings. The Morgan fingerprint density at radius 1 is 1.24 bits per heavy atom. The smallest absolute Gasteiger partial charge is 0.319 e. The van der Waals surface area contributed by atoms with E-state index in [1.54, 1.807) is 19.2 Å². The number of hydrogen-bond donors (Lipinski definition) is 3. The Kier molecular flexibility index (Phi) is 9.45. The van der Waals surface area contributed by atoms with Crippen molar-refractivity contribution >= 4 is 60.6 Å². The number of aromatic nitrogens is 3. The topological polar surface area (TPSA) is 139 Å². The summed E-state index contributed by atoms with van der Waals surface area (Å²) < 4.78 is 66.1. The van der Waals surface area contributed by atoms with E-state index in [0.29, 0.717) is 18.9 Å². The van der Waals surface area contributed by atoms with Crippen molar-refractivity contribution in [3.8, 4) is 23.2 Å². The van der Waals surface area contributed by atoms with E-state index in [0.717, 1.165) is 23.0 Å². The number of thiophene rings is 1. The zero-order valence-electron chi connectivity index (χ0n) is 26.8. The van der Waals surface area contributed by atoms with Crippen molar-refractivity contribution in [1.82, 2.24) is 19.9 Å². The van der Waals surface area contributed by atoms with Crippen LogP contribution in [0.1, 0.15) is 37.3 Å². The summed E-state index contributed by atoms with van der Waals surface area (Å²) in [6.07, 6.45) is -0.683. The second-order valence-corrected chi connectivity index (χ2v) is 14.2. The third kappa shape index (κ3) is 6.38. The summed E-state index contributed by atoms with van der Waals surface area (Å²) in [6.45, 7) is 4.68. The first-order valence-electron chi connectivity index (χ1n) is 15.5. The van der Waals surface area contributed by atoms with Gasteiger partial charge in [0, 0.05) is 52.9 Å². The largest absolute Gasteiger partial charge is 0.463 e. The van der Waals surface area contributed by atoms with Crippen LogP contribution in [0.25, 0.3) is 32.1 Å². The van der Waals surface area contributed by atoms with E-state index in [9.17, 15) is 18.4 Å². The number of rotatable bonds is 9. The number of fused-ring (bicyclic) bond motifs is 2. The third-order valence-corrected chi connectivity index (χ3v) is 10.5. The van der Waals surface area contributed by atoms with E-state index >= 15 is 4.39 Å². The van der Waals surface area contributed by atoms with Gasteiger partial charge in [-0.2, -0.15) is 15.2 Å². The van der Waals surface area contributed by atoms with Crippen LogP contribution in [-0.2, 0) is 0 Å². The van der Waals surface area contributed by atoms with E-state index < -0.39 is 29.4 Å². The molecule has 0 bridgehead atoms. The second kappa shape index (κ2) is 13.5. The molecule has 1 aliphatic heterocycles. The van der Waals surface area contributed by atoms with Crippen molar-refractivity contribution in [2.24, 2.45) is 11.3 Å². The number of piperidine rings is 1. The molecular weight excluding hydrogens is 680 g/mol. The number of anilines is 3. The highest BCUT2D eigenvalue weighted by atomic mass is 35.5. The second-order valence-electron chi connectivity index (χ2n) is 12.7. The maximum absolute atomic E-state index is 16.9. The number of nitrogen functional groups attached to an aromatic ring is 2. The lowest BCUT2D eigenvalue weighted by molar-refractivity contribution is -0.0679. The molecule has 1 aliphatic rings. The Labute approximate surface area is 288 Å². The van der Waals surface area contributed by atoms with Gasteiger partial charge in [0.1, 0.15) is 34.0 Å². The van der Waals surface area contributed by atoms with Crippen molar-refractivity contribution in [1.29, 1.82) is 5.26 Å². The number of likely N-dealkylation sites (tertiary alicyclic amines) is 1. The van der Waals surface area contributed by atoms with Gasteiger partial charge in [-0.15, -0.1) is 11.3 Å². The third-order valence-electron chi connectivity index (χ3n) is 9.22. The molecule has 15 heteroatoms. The number of benzene rings is 2. The van der Waals surface area contributed by atoms with Gasteiger partial charge >= 0.3 is 6.01 Å². The Morgan fingerprint density at radius 3 is 2.73 bits per heavy atom. The number of halogens is 5. The zero-order chi connectivity index (χ0) is 35.2. The molecule has 0 saturated carbocycles. The number of nitriles is 1. The normalized spacial score (nSPS) is 19.0. The fourth-order valence-electron chi connectivity index (χ4n) is 6.67. The molecule has 256 valence electrons. The number of pyridine rings is 1. The summed E-state index contributed by atoms with van der Waals surface area (Å²) in [5.41, 5.74) is 11.8. The molecule has 2 aromatic carbocycles. The average Bonchev–Trinajstić information content (AvgIpc) is 3.40. The molecule has 6 rings (SSSR count). The summed E-state index contributed by atoms with van der Waals surface area (Å²) in [4.78, 5) is 15.1. The molecule has 49 heavy (non-hydrogen) atoms. The van der Waals surface area contributed by atoms with E-state index in [-0.39, 0.29) is 85.0 Å². The monoisotopic (exact) mass is 712 g/mol. The molecule has 1 fully saturated rings. The number of alkyl halides is 2. The van der Waals surface area contributed by atoms with Crippen molar-refractivity contribution in [3.63, 3.8) is 0 Å². The molecule has 4 heterocycles. The van der Waals surface area contributed by atoms with Gasteiger partial charge in [-0.3, -0.25) is 0 Å². The first-order chi connectivity index (χ1) is 23.3. The lowest BCUT2D eigenvalue weighted by atomic mass is 9.73. The Bertz CT molecular complexity index is 2110. The maximum atomic E-state index is 16.9. The van der Waals surface area contributed by atoms with Crippen LogP contribution < -0.4 is 21.5 Å². The highest BCUT2D eigenvalue weighted by Crippen LogP contribution is 2.46. The van der Waals surface area contributed by atoms with E-state index in [1.807, 2.05) is 31.0 Å². The fraction of sp³-hybridized carbons (Fsp3) is 0.353. The van der Waals surface area contributed by atoms with Crippen LogP contribution in [0.4, 0.5) is 34.2 Å². The molecule has 0 amide bonds. The van der Waals surface area contributed by atoms with Crippen LogP contribution in [0.2, 0.25) is 5.02 Å². The summed E-state index contributed by atoms with van der Waals surface area (Å²) in [6, 6.07) is 9.34. The Morgan fingerprint density at radius 2 is 2.02 bits per heavy atom. The van der Waals surface area contributed by atoms with Crippen LogP contribution in [-0.4, -0.2) is 59.6 Å². The molecule has 0 radical (unpaired) electrons. The summed E-state index contributed by atoms with van der Waals surface area (Å²) >= 11 is 7.64. The fourth-order valence-corrected chi connectivity index (χ4v) is 7.91. The van der Waals surface area contributed by atoms with Crippen molar-refractivity contribution in [2.45, 2.75) is 32.6 Å².